The fourth-order valence-electron chi connectivity index (χ4n) is 3.67. The van der Waals surface area contributed by atoms with Crippen LogP contribution in [-0.4, -0.2) is 91.5 Å². The molecule has 2 rings (SSSR count). The molecule has 0 saturated heterocycles. The Hall–Kier alpha value is -3.38. The van der Waals surface area contributed by atoms with Gasteiger partial charge < -0.3 is 39.4 Å². The van der Waals surface area contributed by atoms with Gasteiger partial charge in [0, 0.05) is 0 Å². The van der Waals surface area contributed by atoms with Crippen molar-refractivity contribution in [1.29, 1.82) is 0 Å². The molecule has 0 amide bonds. The third-order valence-corrected chi connectivity index (χ3v) is 5.89. The largest absolute Gasteiger partial charge is 0.493 e. The van der Waals surface area contributed by atoms with Gasteiger partial charge in [-0.1, -0.05) is 37.3 Å². The van der Waals surface area contributed by atoms with Crippen LogP contribution in [0.4, 0.5) is 0 Å². The van der Waals surface area contributed by atoms with E-state index in [1.807, 2.05) is 18.2 Å². The second kappa shape index (κ2) is 15.0. The average Bonchev–Trinajstić information content (AvgIpc) is 2.90. The molecule has 2 aromatic rings. The first-order valence-electron chi connectivity index (χ1n) is 11.4. The summed E-state index contributed by atoms with van der Waals surface area (Å²) in [6.45, 7) is 3.23. The number of aliphatic carboxylic acids is 2. The lowest BCUT2D eigenvalue weighted by molar-refractivity contribution is -0.165. The van der Waals surface area contributed by atoms with Crippen LogP contribution in [0, 0.1) is 0 Å². The molecule has 206 valence electrons. The van der Waals surface area contributed by atoms with Crippen molar-refractivity contribution in [2.24, 2.45) is 0 Å². The van der Waals surface area contributed by atoms with Crippen molar-refractivity contribution in [1.82, 2.24) is 4.90 Å². The maximum Gasteiger partial charge on any atom is 0.335 e. The van der Waals surface area contributed by atoms with Gasteiger partial charge in [-0.3, -0.25) is 4.90 Å². The summed E-state index contributed by atoms with van der Waals surface area (Å²) in [5, 5.41) is 32.5. The summed E-state index contributed by atoms with van der Waals surface area (Å²) >= 11 is 0. The summed E-state index contributed by atoms with van der Waals surface area (Å²) in [6.07, 6.45) is -3.59. The standard InChI is InChI=1S/C22H31NO4.C4H6O6/c1-7-22(23(2)3,18-11-9-8-10-12-18)16-27-15-17-13-19(24-4)21(26-6)20(14-17)25-5;5-1(3(7)8)2(6)4(9)10/h8-14H,7,15-16H2,1-6H3;1-2,5-6H,(H,7,8)(H,9,10)/t22-;1-,2-/m00/s1. The number of likely N-dealkylation sites (N-methyl/N-ethyl adjacent to an activating group) is 1. The Morgan fingerprint density at radius 2 is 1.38 bits per heavy atom. The van der Waals surface area contributed by atoms with Gasteiger partial charge in [0.05, 0.1) is 40.1 Å². The van der Waals surface area contributed by atoms with Gasteiger partial charge in [0.1, 0.15) is 0 Å². The van der Waals surface area contributed by atoms with Crippen molar-refractivity contribution in [2.75, 3.05) is 42.0 Å². The lowest BCUT2D eigenvalue weighted by Gasteiger charge is -2.39. The molecule has 0 bridgehead atoms. The number of aliphatic hydroxyl groups excluding tert-OH is 2. The Labute approximate surface area is 216 Å². The van der Waals surface area contributed by atoms with Gasteiger partial charge in [0.2, 0.25) is 5.75 Å². The Morgan fingerprint density at radius 1 is 0.892 bits per heavy atom. The summed E-state index contributed by atoms with van der Waals surface area (Å²) in [6, 6.07) is 14.3. The number of ether oxygens (including phenoxy) is 4. The van der Waals surface area contributed by atoms with Crippen LogP contribution in [0.2, 0.25) is 0 Å². The molecule has 11 heteroatoms. The highest BCUT2D eigenvalue weighted by Gasteiger charge is 2.33. The quantitative estimate of drug-likeness (QED) is 0.304. The van der Waals surface area contributed by atoms with Crippen molar-refractivity contribution in [2.45, 2.75) is 37.7 Å². The van der Waals surface area contributed by atoms with Crippen LogP contribution < -0.4 is 14.2 Å². The Balaban J connectivity index is 0.000000580. The van der Waals surface area contributed by atoms with Gasteiger partial charge in [-0.15, -0.1) is 0 Å². The first-order valence-corrected chi connectivity index (χ1v) is 11.4. The topological polar surface area (TPSA) is 155 Å². The SMILES string of the molecule is CC[C@](COCc1cc(OC)c(OC)c(OC)c1)(c1ccccc1)N(C)C.O=C(O)[C@@H](O)[C@H](O)C(=O)O. The Morgan fingerprint density at radius 3 is 1.73 bits per heavy atom. The molecular weight excluding hydrogens is 486 g/mol. The zero-order valence-electron chi connectivity index (χ0n) is 22.0. The molecule has 0 spiro atoms. The molecule has 0 radical (unpaired) electrons. The molecule has 0 aromatic heterocycles. The fourth-order valence-corrected chi connectivity index (χ4v) is 3.67. The molecule has 0 aliphatic rings. The Kier molecular flexibility index (Phi) is 12.8. The molecule has 0 unspecified atom stereocenters. The van der Waals surface area contributed by atoms with Gasteiger partial charge in [-0.25, -0.2) is 9.59 Å². The number of hydrogen-bond acceptors (Lipinski definition) is 9. The number of rotatable bonds is 13. The molecule has 0 aliphatic carbocycles. The molecule has 0 saturated carbocycles. The van der Waals surface area contributed by atoms with E-state index in [0.717, 1.165) is 12.0 Å². The monoisotopic (exact) mass is 523 g/mol. The van der Waals surface area contributed by atoms with Gasteiger partial charge in [-0.2, -0.15) is 0 Å². The van der Waals surface area contributed by atoms with E-state index < -0.39 is 24.1 Å². The fraction of sp³-hybridized carbons (Fsp3) is 0.462. The van der Waals surface area contributed by atoms with E-state index in [1.165, 1.54) is 5.56 Å². The van der Waals surface area contributed by atoms with E-state index in [2.05, 4.69) is 50.2 Å². The van der Waals surface area contributed by atoms with E-state index in [9.17, 15) is 9.59 Å². The third kappa shape index (κ3) is 8.32. The van der Waals surface area contributed by atoms with Gasteiger partial charge in [0.15, 0.2) is 23.7 Å². The minimum Gasteiger partial charge on any atom is -0.493 e. The van der Waals surface area contributed by atoms with Crippen LogP contribution in [0.3, 0.4) is 0 Å². The van der Waals surface area contributed by atoms with Crippen molar-refractivity contribution in [3.8, 4) is 17.2 Å². The average molecular weight is 524 g/mol. The molecule has 0 fully saturated rings. The van der Waals surface area contributed by atoms with Gasteiger partial charge in [0.25, 0.3) is 0 Å². The zero-order valence-corrected chi connectivity index (χ0v) is 22.0. The third-order valence-electron chi connectivity index (χ3n) is 5.89. The molecular formula is C26H37NO10. The van der Waals surface area contributed by atoms with Crippen molar-refractivity contribution in [3.63, 3.8) is 0 Å². The van der Waals surface area contributed by atoms with Crippen LogP contribution >= 0.6 is 0 Å². The highest BCUT2D eigenvalue weighted by molar-refractivity contribution is 5.83. The van der Waals surface area contributed by atoms with Gasteiger partial charge in [-0.05, 0) is 43.8 Å². The van der Waals surface area contributed by atoms with Crippen LogP contribution in [-0.2, 0) is 26.5 Å². The predicted molar refractivity (Wildman–Crippen MR) is 135 cm³/mol. The van der Waals surface area contributed by atoms with E-state index in [0.29, 0.717) is 30.5 Å². The maximum absolute atomic E-state index is 9.77. The van der Waals surface area contributed by atoms with E-state index >= 15 is 0 Å². The number of nitrogens with zero attached hydrogens (tertiary/aromatic N) is 1. The van der Waals surface area contributed by atoms with E-state index in [4.69, 9.17) is 39.4 Å². The van der Waals surface area contributed by atoms with Crippen LogP contribution in [0.15, 0.2) is 42.5 Å². The van der Waals surface area contributed by atoms with Gasteiger partial charge >= 0.3 is 11.9 Å². The smallest absolute Gasteiger partial charge is 0.335 e. The van der Waals surface area contributed by atoms with Crippen molar-refractivity contribution < 1.29 is 49.0 Å². The number of carboxylic acids is 2. The Bertz CT molecular complexity index is 955. The lowest BCUT2D eigenvalue weighted by atomic mass is 9.87. The van der Waals surface area contributed by atoms with Crippen LogP contribution in [0.25, 0.3) is 0 Å². The molecule has 0 aliphatic heterocycles. The first-order chi connectivity index (χ1) is 17.5. The molecule has 4 N–H and O–H groups in total. The summed E-state index contributed by atoms with van der Waals surface area (Å²) in [7, 11) is 9.03. The number of hydrogen-bond donors (Lipinski definition) is 4. The highest BCUT2D eigenvalue weighted by Crippen LogP contribution is 2.38. The molecule has 11 nitrogen and oxygen atoms in total. The number of carbonyl (C=O) groups is 2. The van der Waals surface area contributed by atoms with E-state index in [-0.39, 0.29) is 5.54 Å². The van der Waals surface area contributed by atoms with Crippen LogP contribution in [0.1, 0.15) is 24.5 Å². The second-order valence-corrected chi connectivity index (χ2v) is 8.24. The first kappa shape index (κ1) is 31.6. The lowest BCUT2D eigenvalue weighted by Crippen LogP contribution is -2.45. The van der Waals surface area contributed by atoms with Crippen LogP contribution in [0.5, 0.6) is 17.2 Å². The number of aliphatic hydroxyl groups is 2. The summed E-state index contributed by atoms with van der Waals surface area (Å²) in [4.78, 5) is 21.8. The number of methoxy groups -OCH3 is 3. The normalized spacial score (nSPS) is 14.0. The summed E-state index contributed by atoms with van der Waals surface area (Å²) in [5.74, 6) is -1.69. The summed E-state index contributed by atoms with van der Waals surface area (Å²) < 4.78 is 22.4. The maximum atomic E-state index is 9.77. The second-order valence-electron chi connectivity index (χ2n) is 8.24. The molecule has 0 heterocycles. The zero-order chi connectivity index (χ0) is 28.2. The molecule has 37 heavy (non-hydrogen) atoms. The number of carboxylic acid groups (broad SMARTS) is 2. The van der Waals surface area contributed by atoms with E-state index in [1.54, 1.807) is 21.3 Å². The minimum atomic E-state index is -2.27. The number of benzene rings is 2. The molecule has 3 atom stereocenters. The summed E-state index contributed by atoms with van der Waals surface area (Å²) in [5.41, 5.74) is 2.05. The minimum absolute atomic E-state index is 0.179. The predicted octanol–water partition coefficient (Wildman–Crippen LogP) is 1.97. The van der Waals surface area contributed by atoms with Crippen molar-refractivity contribution >= 4 is 11.9 Å². The highest BCUT2D eigenvalue weighted by atomic mass is 16.5. The van der Waals surface area contributed by atoms with Crippen molar-refractivity contribution in [3.05, 3.63) is 53.6 Å². The molecule has 2 aromatic carbocycles.